The maximum absolute atomic E-state index is 12.9. The molecule has 0 saturated carbocycles. The molecule has 0 radical (unpaired) electrons. The van der Waals surface area contributed by atoms with Gasteiger partial charge in [-0.05, 0) is 35.2 Å². The lowest BCUT2D eigenvalue weighted by molar-refractivity contribution is 0.0600. The number of hydrogen-bond acceptors (Lipinski definition) is 5. The molecule has 0 saturated heterocycles. The number of benzene rings is 2. The average Bonchev–Trinajstić information content (AvgIpc) is 3.21. The summed E-state index contributed by atoms with van der Waals surface area (Å²) in [4.78, 5) is 12.6. The average molecular weight is 387 g/mol. The van der Waals surface area contributed by atoms with Crippen molar-refractivity contribution in [2.24, 2.45) is 0 Å². The molecule has 0 fully saturated rings. The Morgan fingerprint density at radius 2 is 1.81 bits per heavy atom. The quantitative estimate of drug-likeness (QED) is 0.656. The molecule has 0 spiro atoms. The second-order valence-electron chi connectivity index (χ2n) is 5.50. The smallest absolute Gasteiger partial charge is 0.337 e. The number of sulfonamides is 1. The SMILES string of the molecule is COC(=O)c1cccc(S(=O)(=O)NC(c2ccccc2)c2cccs2)c1. The predicted molar refractivity (Wildman–Crippen MR) is 101 cm³/mol. The lowest BCUT2D eigenvalue weighted by atomic mass is 10.1. The van der Waals surface area contributed by atoms with E-state index in [2.05, 4.69) is 9.46 Å². The number of methoxy groups -OCH3 is 1. The Labute approximate surface area is 156 Å². The maximum atomic E-state index is 12.9. The summed E-state index contributed by atoms with van der Waals surface area (Å²) >= 11 is 1.47. The molecule has 5 nitrogen and oxygen atoms in total. The minimum Gasteiger partial charge on any atom is -0.465 e. The van der Waals surface area contributed by atoms with Crippen molar-refractivity contribution in [1.29, 1.82) is 0 Å². The minimum atomic E-state index is -3.85. The van der Waals surface area contributed by atoms with E-state index in [9.17, 15) is 13.2 Å². The van der Waals surface area contributed by atoms with E-state index in [1.165, 1.54) is 42.7 Å². The van der Waals surface area contributed by atoms with Crippen LogP contribution in [0.5, 0.6) is 0 Å². The van der Waals surface area contributed by atoms with Gasteiger partial charge < -0.3 is 4.74 Å². The van der Waals surface area contributed by atoms with Gasteiger partial charge in [0.1, 0.15) is 0 Å². The fourth-order valence-corrected chi connectivity index (χ4v) is 4.65. The molecule has 1 N–H and O–H groups in total. The van der Waals surface area contributed by atoms with Crippen molar-refractivity contribution >= 4 is 27.3 Å². The van der Waals surface area contributed by atoms with Gasteiger partial charge in [-0.25, -0.2) is 13.2 Å². The monoisotopic (exact) mass is 387 g/mol. The van der Waals surface area contributed by atoms with Crippen LogP contribution >= 0.6 is 11.3 Å². The van der Waals surface area contributed by atoms with Crippen molar-refractivity contribution in [2.45, 2.75) is 10.9 Å². The summed E-state index contributed by atoms with van der Waals surface area (Å²) < 4.78 is 33.2. The third kappa shape index (κ3) is 4.01. The fraction of sp³-hybridized carbons (Fsp3) is 0.105. The molecule has 0 bridgehead atoms. The van der Waals surface area contributed by atoms with Crippen LogP contribution < -0.4 is 4.72 Å². The van der Waals surface area contributed by atoms with Crippen molar-refractivity contribution in [2.75, 3.05) is 7.11 Å². The van der Waals surface area contributed by atoms with Gasteiger partial charge in [-0.3, -0.25) is 0 Å². The molecule has 1 unspecified atom stereocenters. The summed E-state index contributed by atoms with van der Waals surface area (Å²) in [7, 11) is -2.60. The summed E-state index contributed by atoms with van der Waals surface area (Å²) in [6, 6.07) is 18.4. The first-order chi connectivity index (χ1) is 12.5. The number of carbonyl (C=O) groups is 1. The number of esters is 1. The molecule has 134 valence electrons. The third-order valence-electron chi connectivity index (χ3n) is 3.80. The third-order valence-corrected chi connectivity index (χ3v) is 6.16. The van der Waals surface area contributed by atoms with Crippen molar-refractivity contribution in [1.82, 2.24) is 4.72 Å². The molecule has 7 heteroatoms. The summed E-state index contributed by atoms with van der Waals surface area (Å²) in [6.45, 7) is 0. The van der Waals surface area contributed by atoms with Crippen molar-refractivity contribution < 1.29 is 17.9 Å². The normalized spacial score (nSPS) is 12.5. The second kappa shape index (κ2) is 7.82. The number of rotatable bonds is 6. The molecule has 0 aliphatic carbocycles. The highest BCUT2D eigenvalue weighted by atomic mass is 32.2. The van der Waals surface area contributed by atoms with Crippen LogP contribution in [-0.4, -0.2) is 21.5 Å². The molecule has 0 aliphatic rings. The van der Waals surface area contributed by atoms with Crippen molar-refractivity contribution in [3.05, 3.63) is 88.1 Å². The van der Waals surface area contributed by atoms with E-state index in [1.807, 2.05) is 47.8 Å². The van der Waals surface area contributed by atoms with E-state index in [0.717, 1.165) is 10.4 Å². The van der Waals surface area contributed by atoms with Crippen LogP contribution in [-0.2, 0) is 14.8 Å². The van der Waals surface area contributed by atoms with Crippen LogP contribution in [0.1, 0.15) is 26.8 Å². The molecule has 0 aliphatic heterocycles. The molecule has 26 heavy (non-hydrogen) atoms. The maximum Gasteiger partial charge on any atom is 0.337 e. The lowest BCUT2D eigenvalue weighted by Gasteiger charge is -2.18. The zero-order valence-corrected chi connectivity index (χ0v) is 15.6. The van der Waals surface area contributed by atoms with E-state index < -0.39 is 22.0 Å². The minimum absolute atomic E-state index is 0.0119. The number of hydrogen-bond donors (Lipinski definition) is 1. The highest BCUT2D eigenvalue weighted by Gasteiger charge is 2.24. The molecule has 3 rings (SSSR count). The standard InChI is InChI=1S/C19H17NO4S2/c1-24-19(21)15-9-5-10-16(13-15)26(22,23)20-18(17-11-6-12-25-17)14-7-3-2-4-8-14/h2-13,18,20H,1H3. The zero-order chi connectivity index (χ0) is 18.6. The van der Waals surface area contributed by atoms with E-state index in [-0.39, 0.29) is 10.5 Å². The molecule has 0 amide bonds. The number of ether oxygens (including phenoxy) is 1. The summed E-state index contributed by atoms with van der Waals surface area (Å²) in [5, 5.41) is 1.90. The van der Waals surface area contributed by atoms with Gasteiger partial charge >= 0.3 is 5.97 Å². The second-order valence-corrected chi connectivity index (χ2v) is 8.19. The topological polar surface area (TPSA) is 72.5 Å². The first-order valence-corrected chi connectivity index (χ1v) is 10.2. The first kappa shape index (κ1) is 18.3. The van der Waals surface area contributed by atoms with E-state index in [0.29, 0.717) is 0 Å². The number of nitrogens with one attached hydrogen (secondary N) is 1. The summed E-state index contributed by atoms with van der Waals surface area (Å²) in [5.74, 6) is -0.583. The van der Waals surface area contributed by atoms with Gasteiger partial charge in [0.15, 0.2) is 0 Å². The molecule has 1 heterocycles. The van der Waals surface area contributed by atoms with Gasteiger partial charge in [0, 0.05) is 4.88 Å². The van der Waals surface area contributed by atoms with Crippen LogP contribution in [0.4, 0.5) is 0 Å². The summed E-state index contributed by atoms with van der Waals surface area (Å²) in [6.07, 6.45) is 0. The van der Waals surface area contributed by atoms with Crippen molar-refractivity contribution in [3.8, 4) is 0 Å². The highest BCUT2D eigenvalue weighted by Crippen LogP contribution is 2.28. The van der Waals surface area contributed by atoms with E-state index in [4.69, 9.17) is 0 Å². The van der Waals surface area contributed by atoms with Crippen LogP contribution in [0.2, 0.25) is 0 Å². The van der Waals surface area contributed by atoms with Gasteiger partial charge in [0.2, 0.25) is 10.0 Å². The molecule has 1 aromatic heterocycles. The highest BCUT2D eigenvalue weighted by molar-refractivity contribution is 7.89. The van der Waals surface area contributed by atoms with Gasteiger partial charge in [-0.1, -0.05) is 42.5 Å². The number of thiophene rings is 1. The van der Waals surface area contributed by atoms with Crippen LogP contribution in [0, 0.1) is 0 Å². The Morgan fingerprint density at radius 3 is 2.46 bits per heavy atom. The van der Waals surface area contributed by atoms with Gasteiger partial charge in [-0.15, -0.1) is 11.3 Å². The Morgan fingerprint density at radius 1 is 1.04 bits per heavy atom. The van der Waals surface area contributed by atoms with E-state index >= 15 is 0 Å². The zero-order valence-electron chi connectivity index (χ0n) is 14.0. The molecular formula is C19H17NO4S2. The molecule has 2 aromatic carbocycles. The molecular weight excluding hydrogens is 370 g/mol. The Balaban J connectivity index is 1.97. The van der Waals surface area contributed by atoms with Gasteiger partial charge in [0.25, 0.3) is 0 Å². The van der Waals surface area contributed by atoms with Crippen LogP contribution in [0.15, 0.2) is 77.0 Å². The Hall–Kier alpha value is -2.48. The molecule has 3 aromatic rings. The van der Waals surface area contributed by atoms with Crippen LogP contribution in [0.25, 0.3) is 0 Å². The van der Waals surface area contributed by atoms with E-state index in [1.54, 1.807) is 0 Å². The Bertz CT molecular complexity index is 983. The summed E-state index contributed by atoms with van der Waals surface area (Å²) in [5.41, 5.74) is 1.02. The van der Waals surface area contributed by atoms with Crippen LogP contribution in [0.3, 0.4) is 0 Å². The van der Waals surface area contributed by atoms with Crippen molar-refractivity contribution in [3.63, 3.8) is 0 Å². The molecule has 1 atom stereocenters. The van der Waals surface area contributed by atoms with Gasteiger partial charge in [-0.2, -0.15) is 4.72 Å². The largest absolute Gasteiger partial charge is 0.465 e. The lowest BCUT2D eigenvalue weighted by Crippen LogP contribution is -2.29. The fourth-order valence-electron chi connectivity index (χ4n) is 2.52. The Kier molecular flexibility index (Phi) is 5.51. The number of carbonyl (C=O) groups excluding carboxylic acids is 1. The predicted octanol–water partition coefficient (Wildman–Crippen LogP) is 3.60. The van der Waals surface area contributed by atoms with Gasteiger partial charge in [0.05, 0.1) is 23.6 Å². The first-order valence-electron chi connectivity index (χ1n) is 7.80.